The van der Waals surface area contributed by atoms with Gasteiger partial charge in [-0.25, -0.2) is 9.59 Å². The van der Waals surface area contributed by atoms with Gasteiger partial charge in [-0.2, -0.15) is 0 Å². The minimum absolute atomic E-state index is 0.120. The van der Waals surface area contributed by atoms with Crippen molar-refractivity contribution in [2.24, 2.45) is 0 Å². The molecule has 88 valence electrons. The first-order chi connectivity index (χ1) is 7.52. The van der Waals surface area contributed by atoms with Gasteiger partial charge in [0.2, 0.25) is 0 Å². The van der Waals surface area contributed by atoms with Crippen molar-refractivity contribution in [3.05, 3.63) is 36.5 Å². The van der Waals surface area contributed by atoms with Gasteiger partial charge < -0.3 is 9.47 Å². The van der Waals surface area contributed by atoms with Gasteiger partial charge in [0.05, 0.1) is 12.2 Å². The zero-order valence-electron chi connectivity index (χ0n) is 9.62. The predicted octanol–water partition coefficient (Wildman–Crippen LogP) is 1.78. The lowest BCUT2D eigenvalue weighted by Crippen LogP contribution is -2.09. The number of carbonyl (C=O) groups excluding carboxylic acids is 2. The van der Waals surface area contributed by atoms with E-state index in [-0.39, 0.29) is 18.8 Å². The number of ether oxygens (including phenoxy) is 2. The molecular formula is C12H16O4. The van der Waals surface area contributed by atoms with E-state index in [1.165, 1.54) is 19.1 Å². The van der Waals surface area contributed by atoms with Crippen LogP contribution in [-0.2, 0) is 19.1 Å². The van der Waals surface area contributed by atoms with Crippen molar-refractivity contribution < 1.29 is 19.1 Å². The average molecular weight is 224 g/mol. The highest BCUT2D eigenvalue weighted by molar-refractivity contribution is 5.95. The molecule has 0 aliphatic carbocycles. The number of hydrogen-bond acceptors (Lipinski definition) is 4. The summed E-state index contributed by atoms with van der Waals surface area (Å²) >= 11 is 0. The summed E-state index contributed by atoms with van der Waals surface area (Å²) < 4.78 is 9.49. The van der Waals surface area contributed by atoms with Crippen LogP contribution >= 0.6 is 0 Å². The standard InChI is InChI=1S/C12H16O4/c1-5-7-16-12(14)10(4)8-9(3)11(13)15-6-2/h5,8H,1,3,6-7H2,2,4H3/b10-8+. The van der Waals surface area contributed by atoms with E-state index in [0.29, 0.717) is 5.57 Å². The van der Waals surface area contributed by atoms with Gasteiger partial charge in [0, 0.05) is 5.57 Å². The van der Waals surface area contributed by atoms with Crippen molar-refractivity contribution in [3.8, 4) is 0 Å². The van der Waals surface area contributed by atoms with Crippen molar-refractivity contribution in [1.29, 1.82) is 0 Å². The fraction of sp³-hybridized carbons (Fsp3) is 0.333. The first kappa shape index (κ1) is 14.2. The van der Waals surface area contributed by atoms with Gasteiger partial charge in [-0.1, -0.05) is 19.2 Å². The monoisotopic (exact) mass is 224 g/mol. The molecule has 16 heavy (non-hydrogen) atoms. The van der Waals surface area contributed by atoms with Crippen LogP contribution in [0.5, 0.6) is 0 Å². The topological polar surface area (TPSA) is 52.6 Å². The number of esters is 2. The van der Waals surface area contributed by atoms with Crippen LogP contribution in [-0.4, -0.2) is 25.2 Å². The molecular weight excluding hydrogens is 208 g/mol. The Kier molecular flexibility index (Phi) is 6.59. The Balaban J connectivity index is 4.40. The molecule has 4 heteroatoms. The molecule has 0 fully saturated rings. The molecule has 0 radical (unpaired) electrons. The molecule has 0 atom stereocenters. The molecule has 0 N–H and O–H groups in total. The Bertz CT molecular complexity index is 326. The second-order valence-electron chi connectivity index (χ2n) is 2.96. The van der Waals surface area contributed by atoms with Crippen LogP contribution in [0.4, 0.5) is 0 Å². The maximum absolute atomic E-state index is 11.3. The molecule has 0 spiro atoms. The molecule has 0 aromatic heterocycles. The molecule has 0 unspecified atom stereocenters. The largest absolute Gasteiger partial charge is 0.462 e. The van der Waals surface area contributed by atoms with Gasteiger partial charge in [-0.05, 0) is 19.9 Å². The van der Waals surface area contributed by atoms with E-state index in [4.69, 9.17) is 9.47 Å². The van der Waals surface area contributed by atoms with Crippen molar-refractivity contribution in [3.63, 3.8) is 0 Å². The Labute approximate surface area is 95.2 Å². The summed E-state index contributed by atoms with van der Waals surface area (Å²) in [6, 6.07) is 0. The van der Waals surface area contributed by atoms with Gasteiger partial charge in [-0.3, -0.25) is 0 Å². The number of rotatable bonds is 6. The summed E-state index contributed by atoms with van der Waals surface area (Å²) in [4.78, 5) is 22.5. The SMILES string of the molecule is C=CCOC(=O)/C(C)=C/C(=C)C(=O)OCC. The Morgan fingerprint density at radius 2 is 1.88 bits per heavy atom. The Hall–Kier alpha value is -1.84. The lowest BCUT2D eigenvalue weighted by atomic mass is 10.2. The first-order valence-electron chi connectivity index (χ1n) is 4.85. The smallest absolute Gasteiger partial charge is 0.337 e. The molecule has 0 heterocycles. The number of carbonyl (C=O) groups is 2. The van der Waals surface area contributed by atoms with E-state index >= 15 is 0 Å². The minimum Gasteiger partial charge on any atom is -0.462 e. The van der Waals surface area contributed by atoms with Crippen LogP contribution in [0.3, 0.4) is 0 Å². The van der Waals surface area contributed by atoms with Gasteiger partial charge in [0.25, 0.3) is 0 Å². The Morgan fingerprint density at radius 1 is 1.25 bits per heavy atom. The molecule has 0 aromatic carbocycles. The second-order valence-corrected chi connectivity index (χ2v) is 2.96. The Morgan fingerprint density at radius 3 is 2.38 bits per heavy atom. The molecule has 0 aliphatic rings. The number of hydrogen-bond donors (Lipinski definition) is 0. The zero-order chi connectivity index (χ0) is 12.6. The summed E-state index contributed by atoms with van der Waals surface area (Å²) in [5.74, 6) is -1.05. The first-order valence-corrected chi connectivity index (χ1v) is 4.85. The lowest BCUT2D eigenvalue weighted by molar-refractivity contribution is -0.138. The van der Waals surface area contributed by atoms with Crippen LogP contribution in [0, 0.1) is 0 Å². The second kappa shape index (κ2) is 7.45. The van der Waals surface area contributed by atoms with Crippen LogP contribution < -0.4 is 0 Å². The highest BCUT2D eigenvalue weighted by Crippen LogP contribution is 2.04. The molecule has 0 aromatic rings. The third-order valence-corrected chi connectivity index (χ3v) is 1.58. The highest BCUT2D eigenvalue weighted by Gasteiger charge is 2.09. The van der Waals surface area contributed by atoms with Crippen LogP contribution in [0.25, 0.3) is 0 Å². The molecule has 0 saturated carbocycles. The third-order valence-electron chi connectivity index (χ3n) is 1.58. The van der Waals surface area contributed by atoms with E-state index in [1.54, 1.807) is 6.92 Å². The van der Waals surface area contributed by atoms with Crippen molar-refractivity contribution >= 4 is 11.9 Å². The van der Waals surface area contributed by atoms with Gasteiger partial charge in [0.15, 0.2) is 0 Å². The van der Waals surface area contributed by atoms with E-state index in [1.807, 2.05) is 0 Å². The molecule has 0 amide bonds. The van der Waals surface area contributed by atoms with Gasteiger partial charge >= 0.3 is 11.9 Å². The highest BCUT2D eigenvalue weighted by atomic mass is 16.5. The van der Waals surface area contributed by atoms with Gasteiger partial charge in [0.1, 0.15) is 6.61 Å². The lowest BCUT2D eigenvalue weighted by Gasteiger charge is -2.03. The van der Waals surface area contributed by atoms with E-state index in [2.05, 4.69) is 13.2 Å². The maximum Gasteiger partial charge on any atom is 0.337 e. The van der Waals surface area contributed by atoms with E-state index < -0.39 is 11.9 Å². The molecule has 0 bridgehead atoms. The summed E-state index contributed by atoms with van der Waals surface area (Å²) in [5.41, 5.74) is 0.412. The maximum atomic E-state index is 11.3. The van der Waals surface area contributed by atoms with Crippen LogP contribution in [0.1, 0.15) is 13.8 Å². The van der Waals surface area contributed by atoms with Crippen LogP contribution in [0.2, 0.25) is 0 Å². The molecule has 0 rings (SSSR count). The zero-order valence-corrected chi connectivity index (χ0v) is 9.62. The molecule has 4 nitrogen and oxygen atoms in total. The van der Waals surface area contributed by atoms with Crippen molar-refractivity contribution in [2.75, 3.05) is 13.2 Å². The quantitative estimate of drug-likeness (QED) is 0.299. The van der Waals surface area contributed by atoms with Crippen molar-refractivity contribution in [2.45, 2.75) is 13.8 Å². The summed E-state index contributed by atoms with van der Waals surface area (Å²) in [6.07, 6.45) is 2.80. The fourth-order valence-electron chi connectivity index (χ4n) is 0.851. The third kappa shape index (κ3) is 5.14. The molecule has 0 aliphatic heterocycles. The van der Waals surface area contributed by atoms with Crippen LogP contribution in [0.15, 0.2) is 36.5 Å². The predicted molar refractivity (Wildman–Crippen MR) is 60.7 cm³/mol. The fourth-order valence-corrected chi connectivity index (χ4v) is 0.851. The summed E-state index contributed by atoms with van der Waals surface area (Å²) in [5, 5.41) is 0. The molecule has 0 saturated heterocycles. The minimum atomic E-state index is -0.543. The van der Waals surface area contributed by atoms with E-state index in [0.717, 1.165) is 0 Å². The summed E-state index contributed by atoms with van der Waals surface area (Å²) in [6.45, 7) is 10.6. The normalized spacial score (nSPS) is 10.5. The van der Waals surface area contributed by atoms with Gasteiger partial charge in [-0.15, -0.1) is 0 Å². The van der Waals surface area contributed by atoms with Crippen molar-refractivity contribution in [1.82, 2.24) is 0 Å². The average Bonchev–Trinajstić information content (AvgIpc) is 2.25. The summed E-state index contributed by atoms with van der Waals surface area (Å²) in [7, 11) is 0. The van der Waals surface area contributed by atoms with E-state index in [9.17, 15) is 9.59 Å².